The summed E-state index contributed by atoms with van der Waals surface area (Å²) in [6.07, 6.45) is 6.04. The van der Waals surface area contributed by atoms with Crippen molar-refractivity contribution < 1.29 is 4.79 Å². The number of likely N-dealkylation sites (N-methyl/N-ethyl adjacent to an activating group) is 1. The number of anilines is 2. The zero-order chi connectivity index (χ0) is 24.2. The lowest BCUT2D eigenvalue weighted by molar-refractivity contribution is 0.0796. The molecular weight excluding hydrogens is 438 g/mol. The maximum Gasteiger partial charge on any atom is 0.253 e. The molecule has 5 rings (SSSR count). The molecule has 0 aliphatic rings. The summed E-state index contributed by atoms with van der Waals surface area (Å²) in [6.45, 7) is 0.653. The van der Waals surface area contributed by atoms with Crippen LogP contribution in [0, 0.1) is 0 Å². The number of imidazole rings is 1. The molecule has 7 nitrogen and oxygen atoms in total. The van der Waals surface area contributed by atoms with Gasteiger partial charge in [0.25, 0.3) is 5.91 Å². The van der Waals surface area contributed by atoms with Crippen LogP contribution in [-0.4, -0.2) is 38.8 Å². The second-order valence-electron chi connectivity index (χ2n) is 8.36. The molecular formula is C28H25N5O2. The Kier molecular flexibility index (Phi) is 6.13. The molecule has 0 unspecified atom stereocenters. The van der Waals surface area contributed by atoms with E-state index >= 15 is 0 Å². The van der Waals surface area contributed by atoms with E-state index in [1.54, 1.807) is 23.4 Å². The van der Waals surface area contributed by atoms with Crippen LogP contribution in [0.25, 0.3) is 16.9 Å². The summed E-state index contributed by atoms with van der Waals surface area (Å²) in [5.74, 6) is -0.00895. The van der Waals surface area contributed by atoms with E-state index in [1.807, 2.05) is 78.3 Å². The topological polar surface area (TPSA) is 82.5 Å². The zero-order valence-electron chi connectivity index (χ0n) is 19.3. The molecule has 0 bridgehead atoms. The first-order chi connectivity index (χ1) is 17.1. The number of nitrogens with zero attached hydrogens (tertiary/aromatic N) is 3. The quantitative estimate of drug-likeness (QED) is 0.365. The van der Waals surface area contributed by atoms with Crippen molar-refractivity contribution >= 4 is 22.9 Å². The zero-order valence-corrected chi connectivity index (χ0v) is 19.3. The van der Waals surface area contributed by atoms with Gasteiger partial charge in [-0.1, -0.05) is 30.3 Å². The Morgan fingerprint density at radius 2 is 1.83 bits per heavy atom. The summed E-state index contributed by atoms with van der Waals surface area (Å²) >= 11 is 0. The summed E-state index contributed by atoms with van der Waals surface area (Å²) < 4.78 is 1.94. The second-order valence-corrected chi connectivity index (χ2v) is 8.36. The Bertz CT molecular complexity index is 1520. The molecule has 5 aromatic rings. The molecule has 3 aromatic heterocycles. The molecule has 0 atom stereocenters. The molecule has 0 saturated heterocycles. The van der Waals surface area contributed by atoms with Crippen LogP contribution in [0.5, 0.6) is 0 Å². The molecule has 0 saturated carbocycles. The molecule has 2 aromatic carbocycles. The molecule has 0 spiro atoms. The van der Waals surface area contributed by atoms with E-state index in [4.69, 9.17) is 0 Å². The minimum Gasteiger partial charge on any atom is -0.352 e. The molecule has 3 heterocycles. The Balaban J connectivity index is 1.30. The summed E-state index contributed by atoms with van der Waals surface area (Å²) in [5.41, 5.74) is 5.78. The van der Waals surface area contributed by atoms with E-state index in [1.165, 1.54) is 5.56 Å². The third kappa shape index (κ3) is 4.84. The maximum atomic E-state index is 12.8. The monoisotopic (exact) mass is 463 g/mol. The van der Waals surface area contributed by atoms with E-state index in [9.17, 15) is 9.59 Å². The molecule has 174 valence electrons. The van der Waals surface area contributed by atoms with Crippen LogP contribution in [0.15, 0.2) is 102 Å². The average molecular weight is 464 g/mol. The number of hydrogen-bond donors (Lipinski definition) is 2. The molecule has 0 aliphatic carbocycles. The minimum atomic E-state index is -0.154. The van der Waals surface area contributed by atoms with Gasteiger partial charge in [-0.2, -0.15) is 0 Å². The minimum absolute atomic E-state index is 0.00895. The Labute approximate surface area is 202 Å². The van der Waals surface area contributed by atoms with Crippen molar-refractivity contribution in [3.8, 4) is 11.3 Å². The number of H-pyrrole nitrogens is 1. The third-order valence-corrected chi connectivity index (χ3v) is 5.96. The number of amides is 1. The van der Waals surface area contributed by atoms with Crippen molar-refractivity contribution in [1.29, 1.82) is 0 Å². The number of pyridine rings is 2. The fourth-order valence-electron chi connectivity index (χ4n) is 4.07. The third-order valence-electron chi connectivity index (χ3n) is 5.96. The fraction of sp³-hybridized carbons (Fsp3) is 0.107. The van der Waals surface area contributed by atoms with E-state index in [2.05, 4.69) is 27.4 Å². The number of hydrogen-bond acceptors (Lipinski definition) is 4. The summed E-state index contributed by atoms with van der Waals surface area (Å²) in [4.78, 5) is 33.5. The molecule has 0 radical (unpaired) electrons. The number of rotatable bonds is 7. The van der Waals surface area contributed by atoms with Crippen LogP contribution in [0.4, 0.5) is 11.4 Å². The SMILES string of the molecule is CN(CCc1ccccc1)C(=O)c1ccc(Nc2ccc(-c3cc[nH]c(=O)c3)n3ccnc23)cc1. The van der Waals surface area contributed by atoms with Gasteiger partial charge in [0.05, 0.1) is 11.4 Å². The summed E-state index contributed by atoms with van der Waals surface area (Å²) in [7, 11) is 1.83. The highest BCUT2D eigenvalue weighted by Crippen LogP contribution is 2.27. The highest BCUT2D eigenvalue weighted by molar-refractivity contribution is 5.94. The van der Waals surface area contributed by atoms with Gasteiger partial charge in [0, 0.05) is 55.1 Å². The van der Waals surface area contributed by atoms with Crippen molar-refractivity contribution in [2.45, 2.75) is 6.42 Å². The standard InChI is InChI=1S/C28H25N5O2/c1-32(17-14-20-5-3-2-4-6-20)28(35)21-7-9-23(10-8-21)31-24-11-12-25(33-18-16-30-27(24)33)22-13-15-29-26(34)19-22/h2-13,15-16,18-19,31H,14,17H2,1H3,(H,29,34). The number of aromatic amines is 1. The predicted molar refractivity (Wildman–Crippen MR) is 138 cm³/mol. The van der Waals surface area contributed by atoms with Crippen molar-refractivity contribution in [3.63, 3.8) is 0 Å². The largest absolute Gasteiger partial charge is 0.352 e. The lowest BCUT2D eigenvalue weighted by atomic mass is 10.1. The van der Waals surface area contributed by atoms with Gasteiger partial charge in [-0.05, 0) is 54.4 Å². The van der Waals surface area contributed by atoms with Crippen LogP contribution in [0.3, 0.4) is 0 Å². The van der Waals surface area contributed by atoms with E-state index in [0.29, 0.717) is 12.1 Å². The van der Waals surface area contributed by atoms with Gasteiger partial charge in [0.1, 0.15) is 0 Å². The number of aromatic nitrogens is 3. The smallest absolute Gasteiger partial charge is 0.253 e. The maximum absolute atomic E-state index is 12.8. The van der Waals surface area contributed by atoms with E-state index in [0.717, 1.165) is 34.7 Å². The highest BCUT2D eigenvalue weighted by atomic mass is 16.2. The van der Waals surface area contributed by atoms with Gasteiger partial charge in [-0.15, -0.1) is 0 Å². The summed E-state index contributed by atoms with van der Waals surface area (Å²) in [6, 6.07) is 24.9. The van der Waals surface area contributed by atoms with Crippen LogP contribution < -0.4 is 10.9 Å². The molecule has 7 heteroatoms. The Morgan fingerprint density at radius 1 is 1.03 bits per heavy atom. The number of fused-ring (bicyclic) bond motifs is 1. The van der Waals surface area contributed by atoms with Crippen LogP contribution >= 0.6 is 0 Å². The average Bonchev–Trinajstić information content (AvgIpc) is 3.39. The van der Waals surface area contributed by atoms with Crippen molar-refractivity contribution in [1.82, 2.24) is 19.3 Å². The van der Waals surface area contributed by atoms with Gasteiger partial charge in [0.15, 0.2) is 5.65 Å². The van der Waals surface area contributed by atoms with Gasteiger partial charge in [-0.3, -0.25) is 14.0 Å². The van der Waals surface area contributed by atoms with E-state index < -0.39 is 0 Å². The van der Waals surface area contributed by atoms with E-state index in [-0.39, 0.29) is 11.5 Å². The first-order valence-corrected chi connectivity index (χ1v) is 11.4. The van der Waals surface area contributed by atoms with Crippen LogP contribution in [-0.2, 0) is 6.42 Å². The van der Waals surface area contributed by atoms with Crippen LogP contribution in [0.2, 0.25) is 0 Å². The molecule has 2 N–H and O–H groups in total. The first kappa shape index (κ1) is 22.2. The Morgan fingerprint density at radius 3 is 2.60 bits per heavy atom. The number of carbonyl (C=O) groups excluding carboxylic acids is 1. The van der Waals surface area contributed by atoms with Crippen molar-refractivity contribution in [2.24, 2.45) is 0 Å². The Hall–Kier alpha value is -4.65. The normalized spacial score (nSPS) is 10.9. The van der Waals surface area contributed by atoms with Crippen molar-refractivity contribution in [2.75, 3.05) is 18.9 Å². The number of nitrogens with one attached hydrogen (secondary N) is 2. The summed E-state index contributed by atoms with van der Waals surface area (Å²) in [5, 5.41) is 3.39. The lowest BCUT2D eigenvalue weighted by Crippen LogP contribution is -2.28. The van der Waals surface area contributed by atoms with Gasteiger partial charge in [0.2, 0.25) is 5.56 Å². The number of carbonyl (C=O) groups is 1. The number of benzene rings is 2. The predicted octanol–water partition coefficient (Wildman–Crippen LogP) is 4.75. The molecule has 35 heavy (non-hydrogen) atoms. The van der Waals surface area contributed by atoms with Crippen LogP contribution in [0.1, 0.15) is 15.9 Å². The first-order valence-electron chi connectivity index (χ1n) is 11.4. The van der Waals surface area contributed by atoms with Gasteiger partial charge >= 0.3 is 0 Å². The van der Waals surface area contributed by atoms with Gasteiger partial charge < -0.3 is 15.2 Å². The fourth-order valence-corrected chi connectivity index (χ4v) is 4.07. The van der Waals surface area contributed by atoms with Gasteiger partial charge in [-0.25, -0.2) is 4.98 Å². The second kappa shape index (κ2) is 9.69. The molecule has 1 amide bonds. The highest BCUT2D eigenvalue weighted by Gasteiger charge is 2.13. The lowest BCUT2D eigenvalue weighted by Gasteiger charge is -2.17. The van der Waals surface area contributed by atoms with Crippen molar-refractivity contribution in [3.05, 3.63) is 119 Å². The molecule has 0 aliphatic heterocycles. The molecule has 0 fully saturated rings.